The van der Waals surface area contributed by atoms with Crippen LogP contribution in [0.1, 0.15) is 38.8 Å². The number of halogens is 2. The minimum atomic E-state index is -4.38. The first-order chi connectivity index (χ1) is 22.3. The van der Waals surface area contributed by atoms with E-state index >= 15 is 4.39 Å². The van der Waals surface area contributed by atoms with E-state index in [4.69, 9.17) is 16.3 Å². The summed E-state index contributed by atoms with van der Waals surface area (Å²) in [5.74, 6) is -1.51. The lowest BCUT2D eigenvalue weighted by molar-refractivity contribution is -0.140. The van der Waals surface area contributed by atoms with Gasteiger partial charge in [0.1, 0.15) is 24.2 Å². The zero-order chi connectivity index (χ0) is 34.2. The highest BCUT2D eigenvalue weighted by Gasteiger charge is 2.36. The van der Waals surface area contributed by atoms with Gasteiger partial charge in [-0.05, 0) is 75.7 Å². The van der Waals surface area contributed by atoms with Crippen LogP contribution >= 0.6 is 11.6 Å². The Hall–Kier alpha value is -4.41. The molecular formula is C36H39ClFN3O5S. The van der Waals surface area contributed by atoms with Crippen LogP contribution < -0.4 is 14.4 Å². The smallest absolute Gasteiger partial charge is 0.264 e. The van der Waals surface area contributed by atoms with Gasteiger partial charge in [0.15, 0.2) is 0 Å². The maximum Gasteiger partial charge on any atom is 0.264 e. The van der Waals surface area contributed by atoms with E-state index < -0.39 is 45.8 Å². The Morgan fingerprint density at radius 1 is 0.894 bits per heavy atom. The molecule has 248 valence electrons. The minimum absolute atomic E-state index is 0.0996. The molecular weight excluding hydrogens is 641 g/mol. The fourth-order valence-electron chi connectivity index (χ4n) is 5.00. The molecule has 0 bridgehead atoms. The fraction of sp³-hybridized carbons (Fsp3) is 0.278. The Morgan fingerprint density at radius 3 is 2.15 bits per heavy atom. The molecule has 0 aromatic heterocycles. The lowest BCUT2D eigenvalue weighted by atomic mass is 10.0. The Morgan fingerprint density at radius 2 is 1.51 bits per heavy atom. The van der Waals surface area contributed by atoms with Gasteiger partial charge in [-0.2, -0.15) is 0 Å². The molecule has 2 amide bonds. The molecule has 0 aliphatic rings. The molecule has 0 unspecified atom stereocenters. The lowest BCUT2D eigenvalue weighted by Gasteiger charge is -2.35. The first-order valence-corrected chi connectivity index (χ1v) is 17.0. The lowest BCUT2D eigenvalue weighted by Crippen LogP contribution is -2.56. The van der Waals surface area contributed by atoms with Crippen molar-refractivity contribution < 1.29 is 27.1 Å². The van der Waals surface area contributed by atoms with Gasteiger partial charge in [0.2, 0.25) is 11.8 Å². The van der Waals surface area contributed by atoms with E-state index in [0.29, 0.717) is 5.02 Å². The highest BCUT2D eigenvalue weighted by Crippen LogP contribution is 2.33. The molecule has 4 rings (SSSR count). The number of anilines is 1. The Labute approximate surface area is 281 Å². The molecule has 0 heterocycles. The van der Waals surface area contributed by atoms with E-state index in [-0.39, 0.29) is 41.5 Å². The number of carbonyl (C=O) groups is 2. The Bertz CT molecular complexity index is 1780. The molecule has 47 heavy (non-hydrogen) atoms. The SMILES string of the molecule is CCOc1ccccc1N(CC(=O)N(Cc1ccccc1F)[C@H](Cc1ccccc1)C(=O)NC(C)(C)C)S(=O)(=O)c1ccc(Cl)cc1. The van der Waals surface area contributed by atoms with Crippen molar-refractivity contribution in [1.29, 1.82) is 0 Å². The number of para-hydroxylation sites is 2. The summed E-state index contributed by atoms with van der Waals surface area (Å²) in [6.07, 6.45) is 0.0996. The highest BCUT2D eigenvalue weighted by atomic mass is 35.5. The number of hydrogen-bond acceptors (Lipinski definition) is 5. The van der Waals surface area contributed by atoms with Crippen molar-refractivity contribution >= 4 is 39.1 Å². The molecule has 8 nitrogen and oxygen atoms in total. The van der Waals surface area contributed by atoms with Gasteiger partial charge in [0, 0.05) is 29.1 Å². The maximum absolute atomic E-state index is 15.1. The predicted molar refractivity (Wildman–Crippen MR) is 182 cm³/mol. The van der Waals surface area contributed by atoms with Crippen LogP contribution in [0.25, 0.3) is 0 Å². The van der Waals surface area contributed by atoms with E-state index in [2.05, 4.69) is 5.32 Å². The number of sulfonamides is 1. The quantitative estimate of drug-likeness (QED) is 0.171. The number of hydrogen-bond donors (Lipinski definition) is 1. The van der Waals surface area contributed by atoms with Gasteiger partial charge < -0.3 is 15.0 Å². The molecule has 0 radical (unpaired) electrons. The van der Waals surface area contributed by atoms with E-state index in [1.807, 2.05) is 51.1 Å². The number of amides is 2. The molecule has 0 spiro atoms. The molecule has 0 saturated carbocycles. The van der Waals surface area contributed by atoms with Gasteiger partial charge in [0.05, 0.1) is 17.2 Å². The average molecular weight is 680 g/mol. The molecule has 4 aromatic carbocycles. The van der Waals surface area contributed by atoms with Crippen LogP contribution in [0.5, 0.6) is 5.75 Å². The average Bonchev–Trinajstić information content (AvgIpc) is 3.02. The van der Waals surface area contributed by atoms with Crippen molar-refractivity contribution in [3.05, 3.63) is 125 Å². The molecule has 4 aromatic rings. The van der Waals surface area contributed by atoms with Crippen LogP contribution in [0.3, 0.4) is 0 Å². The Balaban J connectivity index is 1.86. The van der Waals surface area contributed by atoms with Crippen molar-refractivity contribution in [2.75, 3.05) is 17.5 Å². The number of nitrogens with zero attached hydrogens (tertiary/aromatic N) is 2. The van der Waals surface area contributed by atoms with Crippen LogP contribution in [0.2, 0.25) is 5.02 Å². The normalized spacial score (nSPS) is 12.2. The number of rotatable bonds is 13. The molecule has 11 heteroatoms. The topological polar surface area (TPSA) is 96.0 Å². The van der Waals surface area contributed by atoms with Crippen molar-refractivity contribution in [3.8, 4) is 5.75 Å². The summed E-state index contributed by atoms with van der Waals surface area (Å²) in [6.45, 7) is 6.46. The summed E-state index contributed by atoms with van der Waals surface area (Å²) in [6, 6.07) is 26.1. The van der Waals surface area contributed by atoms with Crippen LogP contribution in [-0.4, -0.2) is 49.9 Å². The Kier molecular flexibility index (Phi) is 11.7. The van der Waals surface area contributed by atoms with Crippen molar-refractivity contribution in [2.45, 2.75) is 57.1 Å². The number of ether oxygens (including phenoxy) is 1. The molecule has 1 N–H and O–H groups in total. The van der Waals surface area contributed by atoms with Gasteiger partial charge in [-0.1, -0.05) is 72.3 Å². The van der Waals surface area contributed by atoms with Crippen LogP contribution in [-0.2, 0) is 32.6 Å². The third-order valence-electron chi connectivity index (χ3n) is 7.18. The fourth-order valence-corrected chi connectivity index (χ4v) is 6.56. The maximum atomic E-state index is 15.1. The van der Waals surface area contributed by atoms with Gasteiger partial charge in [-0.25, -0.2) is 12.8 Å². The second-order valence-electron chi connectivity index (χ2n) is 11.9. The number of carbonyl (C=O) groups excluding carboxylic acids is 2. The second-order valence-corrected chi connectivity index (χ2v) is 14.2. The van der Waals surface area contributed by atoms with E-state index in [1.165, 1.54) is 47.4 Å². The molecule has 0 aliphatic carbocycles. The number of benzene rings is 4. The van der Waals surface area contributed by atoms with Gasteiger partial charge in [-0.3, -0.25) is 13.9 Å². The molecule has 0 aliphatic heterocycles. The first kappa shape index (κ1) is 35.4. The third kappa shape index (κ3) is 9.33. The molecule has 0 fully saturated rings. The zero-order valence-corrected chi connectivity index (χ0v) is 28.4. The summed E-state index contributed by atoms with van der Waals surface area (Å²) >= 11 is 6.06. The van der Waals surface area contributed by atoms with Crippen LogP contribution in [0, 0.1) is 5.82 Å². The van der Waals surface area contributed by atoms with E-state index in [1.54, 1.807) is 37.3 Å². The summed E-state index contributed by atoms with van der Waals surface area (Å²) in [4.78, 5) is 29.7. The molecule has 1 atom stereocenters. The van der Waals surface area contributed by atoms with Crippen LogP contribution in [0.15, 0.2) is 108 Å². The van der Waals surface area contributed by atoms with Crippen molar-refractivity contribution in [2.24, 2.45) is 0 Å². The standard InChI is InChI=1S/C36H39ClFN3O5S/c1-5-46-33-18-12-11-17-31(33)41(47(44,45)29-21-19-28(37)20-22-29)25-34(42)40(24-27-15-9-10-16-30(27)38)32(35(43)39-36(2,3)4)23-26-13-7-6-8-14-26/h6-22,32H,5,23-25H2,1-4H3,(H,39,43)/t32-/m1/s1. The summed E-state index contributed by atoms with van der Waals surface area (Å²) in [5.41, 5.74) is 0.408. The summed E-state index contributed by atoms with van der Waals surface area (Å²) < 4.78 is 50.4. The number of nitrogens with one attached hydrogen (secondary N) is 1. The second kappa shape index (κ2) is 15.5. The van der Waals surface area contributed by atoms with Crippen molar-refractivity contribution in [1.82, 2.24) is 10.2 Å². The van der Waals surface area contributed by atoms with E-state index in [9.17, 15) is 18.0 Å². The summed E-state index contributed by atoms with van der Waals surface area (Å²) in [5, 5.41) is 3.30. The van der Waals surface area contributed by atoms with Gasteiger partial charge in [0.25, 0.3) is 10.0 Å². The first-order valence-electron chi connectivity index (χ1n) is 15.2. The third-order valence-corrected chi connectivity index (χ3v) is 9.21. The highest BCUT2D eigenvalue weighted by molar-refractivity contribution is 7.92. The van der Waals surface area contributed by atoms with E-state index in [0.717, 1.165) is 9.87 Å². The monoisotopic (exact) mass is 679 g/mol. The van der Waals surface area contributed by atoms with Crippen LogP contribution in [0.4, 0.5) is 10.1 Å². The predicted octanol–water partition coefficient (Wildman–Crippen LogP) is 6.63. The minimum Gasteiger partial charge on any atom is -0.492 e. The zero-order valence-electron chi connectivity index (χ0n) is 26.8. The van der Waals surface area contributed by atoms with Gasteiger partial charge >= 0.3 is 0 Å². The molecule has 0 saturated heterocycles. The van der Waals surface area contributed by atoms with Gasteiger partial charge in [-0.15, -0.1) is 0 Å². The summed E-state index contributed by atoms with van der Waals surface area (Å²) in [7, 11) is -4.38. The largest absolute Gasteiger partial charge is 0.492 e. The van der Waals surface area contributed by atoms with Crippen molar-refractivity contribution in [3.63, 3.8) is 0 Å².